The summed E-state index contributed by atoms with van der Waals surface area (Å²) in [5, 5.41) is 7.28. The number of thioether (sulfide) groups is 1. The summed E-state index contributed by atoms with van der Waals surface area (Å²) in [5.74, 6) is 0. The Morgan fingerprint density at radius 3 is 2.43 bits per heavy atom. The van der Waals surface area contributed by atoms with Gasteiger partial charge in [0.15, 0.2) is 0 Å². The molecule has 0 N–H and O–H groups in total. The molecule has 4 aromatic rings. The van der Waals surface area contributed by atoms with Crippen molar-refractivity contribution in [2.24, 2.45) is 0 Å². The predicted octanol–water partition coefficient (Wildman–Crippen LogP) is 7.48. The maximum absolute atomic E-state index is 6.24. The summed E-state index contributed by atoms with van der Waals surface area (Å²) >= 11 is 15.9. The minimum atomic E-state index is 0.443. The highest BCUT2D eigenvalue weighted by Gasteiger charge is 2.21. The molecular weight excluding hydrogens is 455 g/mol. The van der Waals surface area contributed by atoms with Crippen LogP contribution in [-0.2, 0) is 0 Å². The van der Waals surface area contributed by atoms with Crippen molar-refractivity contribution in [1.82, 2.24) is 19.7 Å². The topological polar surface area (TPSA) is 43.6 Å². The summed E-state index contributed by atoms with van der Waals surface area (Å²) < 4.78 is 3.07. The van der Waals surface area contributed by atoms with Gasteiger partial charge in [-0.05, 0) is 49.7 Å². The van der Waals surface area contributed by atoms with Gasteiger partial charge in [0.2, 0.25) is 5.13 Å². The van der Waals surface area contributed by atoms with E-state index < -0.39 is 0 Å². The van der Waals surface area contributed by atoms with E-state index >= 15 is 0 Å². The third-order valence-corrected chi connectivity index (χ3v) is 7.17. The first kappa shape index (κ1) is 21.4. The summed E-state index contributed by atoms with van der Waals surface area (Å²) in [7, 11) is 0. The third-order valence-electron chi connectivity index (χ3n) is 4.49. The normalized spacial score (nSPS) is 11.4. The number of benzene rings is 1. The molecule has 0 saturated carbocycles. The molecular formula is C22H20Cl2N4S2. The van der Waals surface area contributed by atoms with Crippen LogP contribution in [0.4, 0.5) is 0 Å². The second-order valence-corrected chi connectivity index (χ2v) is 10.9. The van der Waals surface area contributed by atoms with E-state index in [9.17, 15) is 0 Å². The summed E-state index contributed by atoms with van der Waals surface area (Å²) in [5.41, 5.74) is 5.83. The Kier molecular flexibility index (Phi) is 6.21. The second kappa shape index (κ2) is 8.71. The van der Waals surface area contributed by atoms with E-state index in [0.29, 0.717) is 15.3 Å². The van der Waals surface area contributed by atoms with Crippen LogP contribution >= 0.6 is 46.3 Å². The molecule has 3 aromatic heterocycles. The summed E-state index contributed by atoms with van der Waals surface area (Å²) in [6, 6.07) is 9.53. The lowest BCUT2D eigenvalue weighted by atomic mass is 10.0. The van der Waals surface area contributed by atoms with E-state index in [-0.39, 0.29) is 0 Å². The van der Waals surface area contributed by atoms with Crippen molar-refractivity contribution in [3.63, 3.8) is 0 Å². The summed E-state index contributed by atoms with van der Waals surface area (Å²) in [6.07, 6.45) is 3.62. The molecule has 4 rings (SSSR count). The monoisotopic (exact) mass is 474 g/mol. The standard InChI is InChI=1S/C22H20Cl2N4S2/c1-12(2)29-21-20(15-6-5-7-25-11-15)26-22(30-21)28-14(4)19(13(3)27-28)16-8-17(23)10-18(24)9-16/h5-12H,1-4H3. The first-order valence-corrected chi connectivity index (χ1v) is 11.9. The smallest absolute Gasteiger partial charge is 0.212 e. The lowest BCUT2D eigenvalue weighted by molar-refractivity contribution is 0.826. The molecule has 0 amide bonds. The van der Waals surface area contributed by atoms with E-state index in [1.54, 1.807) is 35.4 Å². The SMILES string of the molecule is Cc1nn(-c2nc(-c3cccnc3)c(SC(C)C)s2)c(C)c1-c1cc(Cl)cc(Cl)c1. The fourth-order valence-electron chi connectivity index (χ4n) is 3.31. The summed E-state index contributed by atoms with van der Waals surface area (Å²) in [6.45, 7) is 8.40. The molecule has 1 aromatic carbocycles. The van der Waals surface area contributed by atoms with Gasteiger partial charge in [0, 0.05) is 38.8 Å². The third kappa shape index (κ3) is 4.28. The molecule has 4 nitrogen and oxygen atoms in total. The molecule has 0 radical (unpaired) electrons. The van der Waals surface area contributed by atoms with Crippen molar-refractivity contribution in [3.05, 3.63) is 64.2 Å². The van der Waals surface area contributed by atoms with E-state index in [2.05, 4.69) is 18.8 Å². The Bertz CT molecular complexity index is 1180. The Hall–Kier alpha value is -1.86. The van der Waals surface area contributed by atoms with Gasteiger partial charge in [-0.3, -0.25) is 4.98 Å². The fraction of sp³-hybridized carbons (Fsp3) is 0.227. The van der Waals surface area contributed by atoms with E-state index in [0.717, 1.165) is 43.1 Å². The molecule has 0 spiro atoms. The van der Waals surface area contributed by atoms with Crippen LogP contribution in [-0.4, -0.2) is 25.0 Å². The highest BCUT2D eigenvalue weighted by molar-refractivity contribution is 8.01. The number of rotatable bonds is 5. The Balaban J connectivity index is 1.84. The van der Waals surface area contributed by atoms with Gasteiger partial charge in [-0.25, -0.2) is 9.67 Å². The first-order valence-electron chi connectivity index (χ1n) is 9.44. The van der Waals surface area contributed by atoms with Crippen LogP contribution in [0.15, 0.2) is 46.9 Å². The van der Waals surface area contributed by atoms with E-state index in [4.69, 9.17) is 33.3 Å². The number of aromatic nitrogens is 4. The van der Waals surface area contributed by atoms with Gasteiger partial charge < -0.3 is 0 Å². The highest BCUT2D eigenvalue weighted by Crippen LogP contribution is 2.40. The fourth-order valence-corrected chi connectivity index (χ4v) is 6.36. The average Bonchev–Trinajstić information content (AvgIpc) is 3.21. The van der Waals surface area contributed by atoms with Gasteiger partial charge in [0.05, 0.1) is 21.3 Å². The van der Waals surface area contributed by atoms with Crippen molar-refractivity contribution in [1.29, 1.82) is 0 Å². The van der Waals surface area contributed by atoms with Crippen LogP contribution in [0.25, 0.3) is 27.5 Å². The van der Waals surface area contributed by atoms with Crippen LogP contribution < -0.4 is 0 Å². The van der Waals surface area contributed by atoms with E-state index in [1.807, 2.05) is 49.0 Å². The zero-order valence-corrected chi connectivity index (χ0v) is 20.1. The number of halogens is 2. The van der Waals surface area contributed by atoms with Gasteiger partial charge in [-0.15, -0.1) is 11.8 Å². The maximum Gasteiger partial charge on any atom is 0.212 e. The van der Waals surface area contributed by atoms with Crippen molar-refractivity contribution in [2.75, 3.05) is 0 Å². The molecule has 0 bridgehead atoms. The zero-order chi connectivity index (χ0) is 21.4. The number of nitrogens with zero attached hydrogens (tertiary/aromatic N) is 4. The highest BCUT2D eigenvalue weighted by atomic mass is 35.5. The molecule has 154 valence electrons. The van der Waals surface area contributed by atoms with Gasteiger partial charge in [0.25, 0.3) is 0 Å². The lowest BCUT2D eigenvalue weighted by Gasteiger charge is -2.05. The van der Waals surface area contributed by atoms with Crippen molar-refractivity contribution < 1.29 is 0 Å². The predicted molar refractivity (Wildman–Crippen MR) is 128 cm³/mol. The first-order chi connectivity index (χ1) is 14.3. The number of pyridine rings is 1. The Morgan fingerprint density at radius 2 is 1.80 bits per heavy atom. The van der Waals surface area contributed by atoms with Crippen molar-refractivity contribution in [3.8, 4) is 27.5 Å². The van der Waals surface area contributed by atoms with Crippen molar-refractivity contribution >= 4 is 46.3 Å². The van der Waals surface area contributed by atoms with E-state index in [1.165, 1.54) is 0 Å². The molecule has 0 atom stereocenters. The second-order valence-electron chi connectivity index (χ2n) is 7.16. The van der Waals surface area contributed by atoms with Crippen molar-refractivity contribution in [2.45, 2.75) is 37.2 Å². The van der Waals surface area contributed by atoms with Gasteiger partial charge in [-0.2, -0.15) is 5.10 Å². The maximum atomic E-state index is 6.24. The van der Waals surface area contributed by atoms with Crippen LogP contribution in [0, 0.1) is 13.8 Å². The zero-order valence-electron chi connectivity index (χ0n) is 17.0. The van der Waals surface area contributed by atoms with Crippen LogP contribution in [0.3, 0.4) is 0 Å². The molecule has 0 unspecified atom stereocenters. The van der Waals surface area contributed by atoms with Crippen LogP contribution in [0.1, 0.15) is 25.2 Å². The quantitative estimate of drug-likeness (QED) is 0.281. The molecule has 0 fully saturated rings. The molecule has 30 heavy (non-hydrogen) atoms. The largest absolute Gasteiger partial charge is 0.264 e. The molecule has 0 aliphatic heterocycles. The molecule has 0 aliphatic rings. The van der Waals surface area contributed by atoms with Gasteiger partial charge in [0.1, 0.15) is 0 Å². The number of hydrogen-bond donors (Lipinski definition) is 0. The van der Waals surface area contributed by atoms with Crippen LogP contribution in [0.5, 0.6) is 0 Å². The Morgan fingerprint density at radius 1 is 1.07 bits per heavy atom. The van der Waals surface area contributed by atoms with Crippen LogP contribution in [0.2, 0.25) is 10.0 Å². The lowest BCUT2D eigenvalue weighted by Crippen LogP contribution is -1.98. The van der Waals surface area contributed by atoms with Gasteiger partial charge >= 0.3 is 0 Å². The molecule has 3 heterocycles. The molecule has 8 heteroatoms. The summed E-state index contributed by atoms with van der Waals surface area (Å²) in [4.78, 5) is 9.22. The minimum Gasteiger partial charge on any atom is -0.264 e. The average molecular weight is 475 g/mol. The molecule has 0 saturated heterocycles. The Labute approximate surface area is 194 Å². The molecule has 0 aliphatic carbocycles. The number of aryl methyl sites for hydroxylation is 1. The van der Waals surface area contributed by atoms with Gasteiger partial charge in [-0.1, -0.05) is 48.4 Å². The number of thiazole rings is 1. The minimum absolute atomic E-state index is 0.443. The number of hydrogen-bond acceptors (Lipinski definition) is 5.